The molecule has 1 saturated carbocycles. The summed E-state index contributed by atoms with van der Waals surface area (Å²) in [5.41, 5.74) is 4.81. The predicted molar refractivity (Wildman–Crippen MR) is 70.6 cm³/mol. The summed E-state index contributed by atoms with van der Waals surface area (Å²) >= 11 is 0. The molecule has 1 atom stereocenters. The van der Waals surface area contributed by atoms with E-state index in [0.717, 1.165) is 19.3 Å². The fourth-order valence-corrected chi connectivity index (χ4v) is 3.30. The quantitative estimate of drug-likeness (QED) is 0.591. The van der Waals surface area contributed by atoms with Crippen LogP contribution in [0.1, 0.15) is 38.5 Å². The van der Waals surface area contributed by atoms with E-state index in [9.17, 15) is 14.4 Å². The number of urea groups is 1. The topological polar surface area (TPSA) is 105 Å². The number of likely N-dealkylation sites (tertiary alicyclic amines) is 1. The molecule has 0 aromatic heterocycles. The van der Waals surface area contributed by atoms with Crippen molar-refractivity contribution < 1.29 is 14.4 Å². The molecule has 2 heterocycles. The van der Waals surface area contributed by atoms with Crippen molar-refractivity contribution in [1.82, 2.24) is 15.5 Å². The minimum absolute atomic E-state index is 0.0137. The normalized spacial score (nSPS) is 31.8. The van der Waals surface area contributed by atoms with Gasteiger partial charge in [-0.1, -0.05) is 0 Å². The third-order valence-electron chi connectivity index (χ3n) is 4.71. The summed E-state index contributed by atoms with van der Waals surface area (Å²) in [6.45, 7) is 0.874. The molecule has 3 fully saturated rings. The van der Waals surface area contributed by atoms with E-state index in [4.69, 9.17) is 5.73 Å². The first-order valence-electron chi connectivity index (χ1n) is 7.13. The second kappa shape index (κ2) is 4.44. The standard InChI is InChI=1S/C13H20N4O3/c14-12(3-1-4-12)7-9(18)17-6-2-5-13(8-17)10(19)15-11(20)16-13/h1-8,14H2,(H2,15,16,19,20). The molecule has 4 amide bonds. The van der Waals surface area contributed by atoms with Gasteiger partial charge in [0.1, 0.15) is 5.54 Å². The summed E-state index contributed by atoms with van der Waals surface area (Å²) < 4.78 is 0. The van der Waals surface area contributed by atoms with Gasteiger partial charge in [0, 0.05) is 18.5 Å². The molecular formula is C13H20N4O3. The van der Waals surface area contributed by atoms with Crippen LogP contribution in [0.3, 0.4) is 0 Å². The second-order valence-electron chi connectivity index (χ2n) is 6.30. The van der Waals surface area contributed by atoms with E-state index in [0.29, 0.717) is 25.8 Å². The van der Waals surface area contributed by atoms with E-state index in [-0.39, 0.29) is 23.9 Å². The first-order chi connectivity index (χ1) is 9.42. The number of nitrogens with zero attached hydrogens (tertiary/aromatic N) is 1. The first-order valence-corrected chi connectivity index (χ1v) is 7.13. The van der Waals surface area contributed by atoms with Crippen molar-refractivity contribution in [3.05, 3.63) is 0 Å². The fourth-order valence-electron chi connectivity index (χ4n) is 3.30. The summed E-state index contributed by atoms with van der Waals surface area (Å²) in [4.78, 5) is 37.3. The molecule has 7 heteroatoms. The van der Waals surface area contributed by atoms with E-state index in [2.05, 4.69) is 10.6 Å². The lowest BCUT2D eigenvalue weighted by Gasteiger charge is -2.42. The highest BCUT2D eigenvalue weighted by Gasteiger charge is 2.50. The zero-order valence-corrected chi connectivity index (χ0v) is 11.4. The molecule has 4 N–H and O–H groups in total. The van der Waals surface area contributed by atoms with Crippen molar-refractivity contribution in [2.75, 3.05) is 13.1 Å². The van der Waals surface area contributed by atoms with Gasteiger partial charge in [0.15, 0.2) is 0 Å². The van der Waals surface area contributed by atoms with E-state index in [1.54, 1.807) is 4.90 Å². The average Bonchev–Trinajstić information content (AvgIpc) is 2.62. The lowest BCUT2D eigenvalue weighted by atomic mass is 9.75. The van der Waals surface area contributed by atoms with Crippen molar-refractivity contribution in [1.29, 1.82) is 0 Å². The Kier molecular flexibility index (Phi) is 2.97. The minimum atomic E-state index is -0.938. The average molecular weight is 280 g/mol. The molecular weight excluding hydrogens is 260 g/mol. The van der Waals surface area contributed by atoms with Gasteiger partial charge in [0.05, 0.1) is 6.54 Å². The maximum Gasteiger partial charge on any atom is 0.322 e. The third-order valence-corrected chi connectivity index (χ3v) is 4.71. The van der Waals surface area contributed by atoms with Gasteiger partial charge in [-0.2, -0.15) is 0 Å². The van der Waals surface area contributed by atoms with Crippen molar-refractivity contribution in [3.8, 4) is 0 Å². The van der Waals surface area contributed by atoms with Crippen LogP contribution >= 0.6 is 0 Å². The summed E-state index contributed by atoms with van der Waals surface area (Å²) in [6.07, 6.45) is 4.45. The molecule has 0 bridgehead atoms. The summed E-state index contributed by atoms with van der Waals surface area (Å²) in [6, 6.07) is -0.474. The van der Waals surface area contributed by atoms with Gasteiger partial charge in [-0.05, 0) is 32.1 Å². The van der Waals surface area contributed by atoms with Crippen LogP contribution in [0.5, 0.6) is 0 Å². The van der Waals surface area contributed by atoms with Gasteiger partial charge in [-0.25, -0.2) is 4.79 Å². The second-order valence-corrected chi connectivity index (χ2v) is 6.30. The van der Waals surface area contributed by atoms with Crippen LogP contribution in [-0.4, -0.2) is 46.9 Å². The minimum Gasteiger partial charge on any atom is -0.340 e. The summed E-state index contributed by atoms with van der Waals surface area (Å²) in [5, 5.41) is 4.93. The Morgan fingerprint density at radius 2 is 2.00 bits per heavy atom. The van der Waals surface area contributed by atoms with Gasteiger partial charge >= 0.3 is 6.03 Å². The van der Waals surface area contributed by atoms with E-state index in [1.165, 1.54) is 0 Å². The van der Waals surface area contributed by atoms with Crippen LogP contribution in [0.25, 0.3) is 0 Å². The van der Waals surface area contributed by atoms with Crippen LogP contribution < -0.4 is 16.4 Å². The van der Waals surface area contributed by atoms with Gasteiger partial charge in [-0.15, -0.1) is 0 Å². The molecule has 2 saturated heterocycles. The maximum atomic E-state index is 12.3. The highest BCUT2D eigenvalue weighted by molar-refractivity contribution is 6.07. The Morgan fingerprint density at radius 3 is 2.55 bits per heavy atom. The lowest BCUT2D eigenvalue weighted by molar-refractivity contribution is -0.137. The molecule has 3 aliphatic rings. The van der Waals surface area contributed by atoms with Gasteiger partial charge in [0.2, 0.25) is 5.91 Å². The Balaban J connectivity index is 1.67. The van der Waals surface area contributed by atoms with Crippen LogP contribution in [0.2, 0.25) is 0 Å². The summed E-state index contributed by atoms with van der Waals surface area (Å²) in [5.74, 6) is -0.341. The highest BCUT2D eigenvalue weighted by atomic mass is 16.2. The molecule has 7 nitrogen and oxygen atoms in total. The molecule has 1 aliphatic carbocycles. The Bertz CT molecular complexity index is 474. The number of rotatable bonds is 2. The van der Waals surface area contributed by atoms with E-state index < -0.39 is 11.6 Å². The molecule has 0 aromatic rings. The number of piperidine rings is 1. The van der Waals surface area contributed by atoms with Gasteiger partial charge in [-0.3, -0.25) is 14.9 Å². The smallest absolute Gasteiger partial charge is 0.322 e. The Morgan fingerprint density at radius 1 is 1.25 bits per heavy atom. The number of nitrogens with two attached hydrogens (primary N) is 1. The van der Waals surface area contributed by atoms with E-state index in [1.807, 2.05) is 0 Å². The highest BCUT2D eigenvalue weighted by Crippen LogP contribution is 2.33. The molecule has 1 unspecified atom stereocenters. The van der Waals surface area contributed by atoms with E-state index >= 15 is 0 Å². The largest absolute Gasteiger partial charge is 0.340 e. The van der Waals surface area contributed by atoms with Crippen molar-refractivity contribution >= 4 is 17.8 Å². The zero-order chi connectivity index (χ0) is 14.4. The third kappa shape index (κ3) is 2.15. The number of nitrogens with one attached hydrogen (secondary N) is 2. The van der Waals surface area contributed by atoms with Gasteiger partial charge < -0.3 is 16.0 Å². The number of hydrogen-bond acceptors (Lipinski definition) is 4. The number of hydrogen-bond donors (Lipinski definition) is 3. The molecule has 2 aliphatic heterocycles. The predicted octanol–water partition coefficient (Wildman–Crippen LogP) is -0.541. The Hall–Kier alpha value is -1.63. The number of imide groups is 1. The molecule has 20 heavy (non-hydrogen) atoms. The van der Waals surface area contributed by atoms with Crippen LogP contribution in [0, 0.1) is 0 Å². The van der Waals surface area contributed by atoms with Crippen molar-refractivity contribution in [3.63, 3.8) is 0 Å². The molecule has 0 aromatic carbocycles. The number of carbonyl (C=O) groups excluding carboxylic acids is 3. The SMILES string of the molecule is NC1(CC(=O)N2CCCC3(C2)NC(=O)NC3=O)CCC1. The number of amides is 4. The zero-order valence-electron chi connectivity index (χ0n) is 11.4. The maximum absolute atomic E-state index is 12.3. The van der Waals surface area contributed by atoms with Crippen molar-refractivity contribution in [2.45, 2.75) is 49.6 Å². The lowest BCUT2D eigenvalue weighted by Crippen LogP contribution is -2.60. The van der Waals surface area contributed by atoms with Crippen LogP contribution in [0.4, 0.5) is 4.79 Å². The fraction of sp³-hybridized carbons (Fsp3) is 0.769. The van der Waals surface area contributed by atoms with Crippen molar-refractivity contribution in [2.24, 2.45) is 5.73 Å². The van der Waals surface area contributed by atoms with Gasteiger partial charge in [0.25, 0.3) is 5.91 Å². The van der Waals surface area contributed by atoms with Crippen LogP contribution in [0.15, 0.2) is 0 Å². The summed E-state index contributed by atoms with van der Waals surface area (Å²) in [7, 11) is 0. The molecule has 0 radical (unpaired) electrons. The van der Waals surface area contributed by atoms with Crippen LogP contribution in [-0.2, 0) is 9.59 Å². The number of carbonyl (C=O) groups is 3. The first kappa shape index (κ1) is 13.4. The monoisotopic (exact) mass is 280 g/mol. The molecule has 1 spiro atoms. The molecule has 3 rings (SSSR count). The Labute approximate surface area is 117 Å². The molecule has 110 valence electrons.